The lowest BCUT2D eigenvalue weighted by Crippen LogP contribution is -2.56. The second-order valence-electron chi connectivity index (χ2n) is 6.18. The summed E-state index contributed by atoms with van der Waals surface area (Å²) in [5, 5.41) is 3.18. The zero-order chi connectivity index (χ0) is 15.5. The number of rotatable bonds is 5. The molecule has 0 aromatic carbocycles. The van der Waals surface area contributed by atoms with E-state index in [4.69, 9.17) is 4.74 Å². The molecule has 2 heterocycles. The Hall–Kier alpha value is -0.210. The van der Waals surface area contributed by atoms with Gasteiger partial charge in [0.1, 0.15) is 0 Å². The monoisotopic (exact) mass is 319 g/mol. The van der Waals surface area contributed by atoms with Gasteiger partial charge in [0.25, 0.3) is 10.2 Å². The Morgan fingerprint density at radius 2 is 1.95 bits per heavy atom. The summed E-state index contributed by atoms with van der Waals surface area (Å²) in [4.78, 5) is 0. The lowest BCUT2D eigenvalue weighted by atomic mass is 9.98. The van der Waals surface area contributed by atoms with Gasteiger partial charge in [0.05, 0.1) is 12.7 Å². The quantitative estimate of drug-likeness (QED) is 0.809. The van der Waals surface area contributed by atoms with Gasteiger partial charge in [0.2, 0.25) is 0 Å². The van der Waals surface area contributed by atoms with Crippen LogP contribution in [0.4, 0.5) is 0 Å². The Morgan fingerprint density at radius 3 is 2.52 bits per heavy atom. The first-order chi connectivity index (χ1) is 9.98. The highest BCUT2D eigenvalue weighted by molar-refractivity contribution is 7.86. The molecule has 0 aliphatic carbocycles. The van der Waals surface area contributed by atoms with E-state index in [-0.39, 0.29) is 12.1 Å². The van der Waals surface area contributed by atoms with Crippen molar-refractivity contribution in [2.45, 2.75) is 45.3 Å². The van der Waals surface area contributed by atoms with Gasteiger partial charge in [-0.25, -0.2) is 0 Å². The van der Waals surface area contributed by atoms with Crippen molar-refractivity contribution in [1.29, 1.82) is 0 Å². The van der Waals surface area contributed by atoms with Crippen molar-refractivity contribution in [3.63, 3.8) is 0 Å². The minimum atomic E-state index is -3.35. The van der Waals surface area contributed by atoms with Gasteiger partial charge in [0, 0.05) is 25.7 Å². The Kier molecular flexibility index (Phi) is 6.02. The van der Waals surface area contributed by atoms with E-state index in [1.54, 1.807) is 8.61 Å². The van der Waals surface area contributed by atoms with Crippen molar-refractivity contribution < 1.29 is 13.2 Å². The average molecular weight is 319 g/mol. The standard InChI is InChI=1S/C14H29N3O3S/c1-4-14-11-20-12(2)10-17(14)21(18,19)16-7-5-13(6-8-16)9-15-3/h12-15H,4-11H2,1-3H3. The fourth-order valence-electron chi connectivity index (χ4n) is 3.20. The lowest BCUT2D eigenvalue weighted by Gasteiger charge is -2.41. The molecule has 2 unspecified atom stereocenters. The molecule has 2 aliphatic rings. The molecule has 0 aromatic rings. The van der Waals surface area contributed by atoms with Crippen LogP contribution in [-0.4, -0.2) is 69.0 Å². The van der Waals surface area contributed by atoms with Gasteiger partial charge >= 0.3 is 0 Å². The van der Waals surface area contributed by atoms with E-state index in [0.717, 1.165) is 25.8 Å². The molecule has 0 radical (unpaired) electrons. The number of morpholine rings is 1. The van der Waals surface area contributed by atoms with Crippen LogP contribution < -0.4 is 5.32 Å². The van der Waals surface area contributed by atoms with Gasteiger partial charge < -0.3 is 10.1 Å². The molecule has 2 rings (SSSR count). The number of nitrogens with zero attached hydrogens (tertiary/aromatic N) is 2. The van der Waals surface area contributed by atoms with Crippen molar-refractivity contribution in [3.8, 4) is 0 Å². The number of piperidine rings is 1. The summed E-state index contributed by atoms with van der Waals surface area (Å²) in [5.74, 6) is 0.590. The topological polar surface area (TPSA) is 61.9 Å². The van der Waals surface area contributed by atoms with E-state index < -0.39 is 10.2 Å². The Labute approximate surface area is 129 Å². The third kappa shape index (κ3) is 3.96. The maximum atomic E-state index is 12.9. The molecule has 0 amide bonds. The van der Waals surface area contributed by atoms with Crippen LogP contribution in [0.2, 0.25) is 0 Å². The molecular formula is C14H29N3O3S. The largest absolute Gasteiger partial charge is 0.375 e. The highest BCUT2D eigenvalue weighted by atomic mass is 32.2. The zero-order valence-electron chi connectivity index (χ0n) is 13.4. The van der Waals surface area contributed by atoms with Crippen molar-refractivity contribution in [3.05, 3.63) is 0 Å². The smallest absolute Gasteiger partial charge is 0.282 e. The predicted octanol–water partition coefficient (Wildman–Crippen LogP) is 0.662. The SMILES string of the molecule is CCC1COC(C)CN1S(=O)(=O)N1CCC(CNC)CC1. The molecule has 1 N–H and O–H groups in total. The molecule has 0 bridgehead atoms. The van der Waals surface area contributed by atoms with Crippen LogP contribution >= 0.6 is 0 Å². The van der Waals surface area contributed by atoms with E-state index in [1.807, 2.05) is 20.9 Å². The molecule has 6 nitrogen and oxygen atoms in total. The molecule has 7 heteroatoms. The number of nitrogens with one attached hydrogen (secondary N) is 1. The van der Waals surface area contributed by atoms with Crippen molar-refractivity contribution in [2.75, 3.05) is 39.8 Å². The summed E-state index contributed by atoms with van der Waals surface area (Å²) in [6.45, 7) is 7.18. The third-order valence-electron chi connectivity index (χ3n) is 4.58. The van der Waals surface area contributed by atoms with Gasteiger partial charge in [-0.05, 0) is 45.7 Å². The molecule has 0 aromatic heterocycles. The van der Waals surface area contributed by atoms with Gasteiger partial charge in [-0.15, -0.1) is 0 Å². The molecule has 21 heavy (non-hydrogen) atoms. The van der Waals surface area contributed by atoms with Crippen LogP contribution in [0.25, 0.3) is 0 Å². The second-order valence-corrected chi connectivity index (χ2v) is 8.06. The van der Waals surface area contributed by atoms with Crippen LogP contribution in [0, 0.1) is 5.92 Å². The van der Waals surface area contributed by atoms with E-state index in [1.165, 1.54) is 0 Å². The first kappa shape index (κ1) is 17.1. The Balaban J connectivity index is 2.03. The number of ether oxygens (including phenoxy) is 1. The van der Waals surface area contributed by atoms with Crippen molar-refractivity contribution >= 4 is 10.2 Å². The van der Waals surface area contributed by atoms with Crippen molar-refractivity contribution in [2.24, 2.45) is 5.92 Å². The second kappa shape index (κ2) is 7.37. The molecule has 0 saturated carbocycles. The van der Waals surface area contributed by atoms with E-state index in [9.17, 15) is 8.42 Å². The molecule has 0 spiro atoms. The van der Waals surface area contributed by atoms with E-state index in [0.29, 0.717) is 32.2 Å². The van der Waals surface area contributed by atoms with Crippen LogP contribution in [0.15, 0.2) is 0 Å². The summed E-state index contributed by atoms with van der Waals surface area (Å²) >= 11 is 0. The predicted molar refractivity (Wildman–Crippen MR) is 83.3 cm³/mol. The third-order valence-corrected chi connectivity index (χ3v) is 6.64. The van der Waals surface area contributed by atoms with Gasteiger partial charge in [-0.1, -0.05) is 6.92 Å². The van der Waals surface area contributed by atoms with Gasteiger partial charge in [-0.2, -0.15) is 17.0 Å². The van der Waals surface area contributed by atoms with Crippen LogP contribution in [0.3, 0.4) is 0 Å². The average Bonchev–Trinajstić information content (AvgIpc) is 2.48. The van der Waals surface area contributed by atoms with E-state index >= 15 is 0 Å². The minimum absolute atomic E-state index is 0.0237. The Bertz CT molecular complexity index is 421. The highest BCUT2D eigenvalue weighted by Gasteiger charge is 2.39. The molecule has 2 fully saturated rings. The van der Waals surface area contributed by atoms with Gasteiger partial charge in [-0.3, -0.25) is 0 Å². The summed E-state index contributed by atoms with van der Waals surface area (Å²) in [6.07, 6.45) is 2.65. The molecule has 2 saturated heterocycles. The van der Waals surface area contributed by atoms with Crippen molar-refractivity contribution in [1.82, 2.24) is 13.9 Å². The van der Waals surface area contributed by atoms with E-state index in [2.05, 4.69) is 5.32 Å². The lowest BCUT2D eigenvalue weighted by molar-refractivity contribution is -0.0254. The number of hydrogen-bond acceptors (Lipinski definition) is 4. The first-order valence-corrected chi connectivity index (χ1v) is 9.41. The normalized spacial score (nSPS) is 30.6. The summed E-state index contributed by atoms with van der Waals surface area (Å²) < 4.78 is 34.7. The molecule has 124 valence electrons. The van der Waals surface area contributed by atoms with Crippen LogP contribution in [-0.2, 0) is 14.9 Å². The number of hydrogen-bond donors (Lipinski definition) is 1. The first-order valence-electron chi connectivity index (χ1n) is 8.02. The molecule has 2 atom stereocenters. The summed E-state index contributed by atoms with van der Waals surface area (Å²) in [7, 11) is -1.40. The minimum Gasteiger partial charge on any atom is -0.375 e. The maximum Gasteiger partial charge on any atom is 0.282 e. The Morgan fingerprint density at radius 1 is 1.29 bits per heavy atom. The van der Waals surface area contributed by atoms with Crippen LogP contribution in [0.1, 0.15) is 33.1 Å². The maximum absolute atomic E-state index is 12.9. The summed E-state index contributed by atoms with van der Waals surface area (Å²) in [5.41, 5.74) is 0. The molecular weight excluding hydrogens is 290 g/mol. The summed E-state index contributed by atoms with van der Waals surface area (Å²) in [6, 6.07) is -0.0266. The highest BCUT2D eigenvalue weighted by Crippen LogP contribution is 2.25. The molecule has 2 aliphatic heterocycles. The van der Waals surface area contributed by atoms with Crippen LogP contribution in [0.5, 0.6) is 0 Å². The zero-order valence-corrected chi connectivity index (χ0v) is 14.2. The fourth-order valence-corrected chi connectivity index (χ4v) is 5.15. The fraction of sp³-hybridized carbons (Fsp3) is 1.00. The van der Waals surface area contributed by atoms with Gasteiger partial charge in [0.15, 0.2) is 0 Å².